The predicted molar refractivity (Wildman–Crippen MR) is 60.4 cm³/mol. The lowest BCUT2D eigenvalue weighted by atomic mass is 9.97. The molecule has 0 spiro atoms. The normalized spacial score (nSPS) is 24.1. The Hall–Kier alpha value is -0.340. The highest BCUT2D eigenvalue weighted by molar-refractivity contribution is 4.89. The van der Waals surface area contributed by atoms with Crippen molar-refractivity contribution >= 4 is 0 Å². The zero-order chi connectivity index (χ0) is 9.80. The highest BCUT2D eigenvalue weighted by Gasteiger charge is 2.29. The van der Waals surface area contributed by atoms with Crippen molar-refractivity contribution in [2.75, 3.05) is 26.2 Å². The summed E-state index contributed by atoms with van der Waals surface area (Å²) in [6.45, 7) is 8.68. The Bertz CT molecular complexity index is 181. The summed E-state index contributed by atoms with van der Waals surface area (Å²) in [4.78, 5) is 2.63. The maximum absolute atomic E-state index is 3.85. The van der Waals surface area contributed by atoms with E-state index in [1.807, 2.05) is 0 Å². The number of nitrogens with one attached hydrogen (secondary N) is 1. The second-order valence-corrected chi connectivity index (χ2v) is 4.67. The van der Waals surface area contributed by atoms with E-state index in [9.17, 15) is 0 Å². The van der Waals surface area contributed by atoms with E-state index < -0.39 is 0 Å². The minimum Gasteiger partial charge on any atom is -0.317 e. The highest BCUT2D eigenvalue weighted by Crippen LogP contribution is 2.28. The number of nitrogens with zero attached hydrogens (tertiary/aromatic N) is 1. The number of hydrogen-bond acceptors (Lipinski definition) is 2. The van der Waals surface area contributed by atoms with Gasteiger partial charge in [0.2, 0.25) is 0 Å². The summed E-state index contributed by atoms with van der Waals surface area (Å²) in [6.07, 6.45) is 7.61. The molecule has 1 heterocycles. The Morgan fingerprint density at radius 1 is 1.21 bits per heavy atom. The fraction of sp³-hybridized carbons (Fsp3) is 0.833. The van der Waals surface area contributed by atoms with E-state index in [4.69, 9.17) is 0 Å². The van der Waals surface area contributed by atoms with Gasteiger partial charge in [-0.1, -0.05) is 6.08 Å². The Kier molecular flexibility index (Phi) is 3.60. The number of rotatable bonds is 5. The Morgan fingerprint density at radius 2 is 1.93 bits per heavy atom. The summed E-state index contributed by atoms with van der Waals surface area (Å²) in [5.74, 6) is 0.928. The van der Waals surface area contributed by atoms with E-state index in [0.717, 1.165) is 18.5 Å². The van der Waals surface area contributed by atoms with Gasteiger partial charge in [0.25, 0.3) is 0 Å². The second kappa shape index (κ2) is 4.94. The van der Waals surface area contributed by atoms with Crippen molar-refractivity contribution in [2.45, 2.75) is 31.7 Å². The van der Waals surface area contributed by atoms with Crippen LogP contribution in [0, 0.1) is 5.92 Å². The predicted octanol–water partition coefficient (Wildman–Crippen LogP) is 1.64. The molecule has 2 nitrogen and oxygen atoms in total. The zero-order valence-electron chi connectivity index (χ0n) is 9.04. The molecule has 1 saturated heterocycles. The molecular weight excluding hydrogens is 172 g/mol. The van der Waals surface area contributed by atoms with E-state index in [2.05, 4.69) is 22.9 Å². The van der Waals surface area contributed by atoms with Gasteiger partial charge in [-0.25, -0.2) is 0 Å². The third kappa shape index (κ3) is 2.82. The molecular formula is C12H22N2. The van der Waals surface area contributed by atoms with Gasteiger partial charge in [-0.15, -0.1) is 6.58 Å². The molecule has 0 bridgehead atoms. The first-order valence-electron chi connectivity index (χ1n) is 5.96. The average Bonchev–Trinajstić information content (AvgIpc) is 3.02. The average molecular weight is 194 g/mol. The van der Waals surface area contributed by atoms with E-state index >= 15 is 0 Å². The van der Waals surface area contributed by atoms with Crippen LogP contribution in [0.3, 0.4) is 0 Å². The van der Waals surface area contributed by atoms with Gasteiger partial charge >= 0.3 is 0 Å². The molecule has 0 aromatic heterocycles. The molecule has 1 aliphatic carbocycles. The minimum atomic E-state index is 0.892. The standard InChI is InChI=1S/C12H22N2/c1-2-9-14(12-3-4-12)10-11-5-7-13-8-6-11/h2,11-13H,1,3-10H2. The van der Waals surface area contributed by atoms with Gasteiger partial charge in [-0.05, 0) is 44.7 Å². The van der Waals surface area contributed by atoms with Crippen molar-refractivity contribution in [1.82, 2.24) is 10.2 Å². The lowest BCUT2D eigenvalue weighted by Crippen LogP contribution is -2.37. The first-order valence-corrected chi connectivity index (χ1v) is 5.96. The Labute approximate surface area is 87.4 Å². The lowest BCUT2D eigenvalue weighted by molar-refractivity contribution is 0.214. The van der Waals surface area contributed by atoms with Crippen LogP contribution in [0.5, 0.6) is 0 Å². The molecule has 80 valence electrons. The van der Waals surface area contributed by atoms with Crippen LogP contribution < -0.4 is 5.32 Å². The van der Waals surface area contributed by atoms with Crippen molar-refractivity contribution < 1.29 is 0 Å². The lowest BCUT2D eigenvalue weighted by Gasteiger charge is -2.29. The van der Waals surface area contributed by atoms with Crippen molar-refractivity contribution in [3.63, 3.8) is 0 Å². The highest BCUT2D eigenvalue weighted by atomic mass is 15.2. The van der Waals surface area contributed by atoms with Crippen molar-refractivity contribution in [3.05, 3.63) is 12.7 Å². The largest absolute Gasteiger partial charge is 0.317 e. The monoisotopic (exact) mass is 194 g/mol. The Balaban J connectivity index is 1.76. The van der Waals surface area contributed by atoms with Gasteiger partial charge in [-0.2, -0.15) is 0 Å². The van der Waals surface area contributed by atoms with Crippen LogP contribution in [0.2, 0.25) is 0 Å². The smallest absolute Gasteiger partial charge is 0.0163 e. The van der Waals surface area contributed by atoms with E-state index in [0.29, 0.717) is 0 Å². The Morgan fingerprint density at radius 3 is 2.50 bits per heavy atom. The molecule has 0 radical (unpaired) electrons. The van der Waals surface area contributed by atoms with Crippen LogP contribution in [0.15, 0.2) is 12.7 Å². The summed E-state index contributed by atoms with van der Waals surface area (Å²) < 4.78 is 0. The number of piperidine rings is 1. The first kappa shape index (κ1) is 10.2. The van der Waals surface area contributed by atoms with Crippen molar-refractivity contribution in [1.29, 1.82) is 0 Å². The van der Waals surface area contributed by atoms with E-state index in [-0.39, 0.29) is 0 Å². The SMILES string of the molecule is C=CCN(CC1CCNCC1)C1CC1. The topological polar surface area (TPSA) is 15.3 Å². The van der Waals surface area contributed by atoms with E-state index in [1.54, 1.807) is 0 Å². The fourth-order valence-corrected chi connectivity index (χ4v) is 2.37. The molecule has 2 aliphatic rings. The van der Waals surface area contributed by atoms with Crippen LogP contribution in [0.1, 0.15) is 25.7 Å². The summed E-state index contributed by atoms with van der Waals surface area (Å²) in [5, 5.41) is 3.43. The molecule has 0 aromatic rings. The summed E-state index contributed by atoms with van der Waals surface area (Å²) in [6, 6.07) is 0.892. The molecule has 0 amide bonds. The van der Waals surface area contributed by atoms with Gasteiger partial charge in [0.05, 0.1) is 0 Å². The van der Waals surface area contributed by atoms with Crippen LogP contribution in [-0.2, 0) is 0 Å². The van der Waals surface area contributed by atoms with Gasteiger partial charge < -0.3 is 5.32 Å². The fourth-order valence-electron chi connectivity index (χ4n) is 2.37. The van der Waals surface area contributed by atoms with E-state index in [1.165, 1.54) is 45.3 Å². The zero-order valence-corrected chi connectivity index (χ0v) is 9.04. The number of hydrogen-bond donors (Lipinski definition) is 1. The molecule has 1 aliphatic heterocycles. The third-order valence-electron chi connectivity index (χ3n) is 3.38. The van der Waals surface area contributed by atoms with Crippen LogP contribution in [0.25, 0.3) is 0 Å². The maximum atomic E-state index is 3.85. The third-order valence-corrected chi connectivity index (χ3v) is 3.38. The summed E-state index contributed by atoms with van der Waals surface area (Å²) >= 11 is 0. The molecule has 14 heavy (non-hydrogen) atoms. The summed E-state index contributed by atoms with van der Waals surface area (Å²) in [7, 11) is 0. The molecule has 2 rings (SSSR count). The molecule has 2 heteroatoms. The van der Waals surface area contributed by atoms with Crippen molar-refractivity contribution in [2.24, 2.45) is 5.92 Å². The first-order chi connectivity index (χ1) is 6.90. The van der Waals surface area contributed by atoms with Gasteiger partial charge in [-0.3, -0.25) is 4.90 Å². The molecule has 1 saturated carbocycles. The minimum absolute atomic E-state index is 0.892. The summed E-state index contributed by atoms with van der Waals surface area (Å²) in [5.41, 5.74) is 0. The molecule has 0 aromatic carbocycles. The maximum Gasteiger partial charge on any atom is 0.0163 e. The van der Waals surface area contributed by atoms with Crippen LogP contribution in [0.4, 0.5) is 0 Å². The molecule has 1 N–H and O–H groups in total. The van der Waals surface area contributed by atoms with Gasteiger partial charge in [0, 0.05) is 19.1 Å². The van der Waals surface area contributed by atoms with Gasteiger partial charge in [0.15, 0.2) is 0 Å². The molecule has 0 unspecified atom stereocenters. The van der Waals surface area contributed by atoms with Crippen molar-refractivity contribution in [3.8, 4) is 0 Å². The quantitative estimate of drug-likeness (QED) is 0.669. The van der Waals surface area contributed by atoms with Crippen LogP contribution >= 0.6 is 0 Å². The van der Waals surface area contributed by atoms with Gasteiger partial charge in [0.1, 0.15) is 0 Å². The second-order valence-electron chi connectivity index (χ2n) is 4.67. The molecule has 0 atom stereocenters. The van der Waals surface area contributed by atoms with Crippen LogP contribution in [-0.4, -0.2) is 37.1 Å². The molecule has 2 fully saturated rings.